The van der Waals surface area contributed by atoms with Crippen LogP contribution in [0.15, 0.2) is 195 Å². The molecule has 2 aliphatic rings. The van der Waals surface area contributed by atoms with E-state index in [1.165, 1.54) is 113 Å². The molecule has 0 atom stereocenters. The minimum absolute atomic E-state index is 0.138. The van der Waals surface area contributed by atoms with Crippen LogP contribution in [0.5, 0.6) is 0 Å². The Morgan fingerprint density at radius 3 is 0.795 bits per heavy atom. The van der Waals surface area contributed by atoms with Crippen LogP contribution >= 0.6 is 0 Å². The van der Waals surface area contributed by atoms with Gasteiger partial charge < -0.3 is 0 Å². The van der Waals surface area contributed by atoms with Crippen LogP contribution in [0.4, 0.5) is 13.2 Å². The van der Waals surface area contributed by atoms with Crippen LogP contribution in [-0.4, -0.2) is 49.8 Å². The zero-order valence-corrected chi connectivity index (χ0v) is 71.6. The first-order valence-electron chi connectivity index (χ1n) is 41.5. The van der Waals surface area contributed by atoms with Crippen molar-refractivity contribution >= 4 is 54.5 Å². The Morgan fingerprint density at radius 2 is 0.530 bits per heavy atom. The molecule has 0 aliphatic heterocycles. The van der Waals surface area contributed by atoms with Gasteiger partial charge in [0.1, 0.15) is 49.1 Å². The van der Waals surface area contributed by atoms with Crippen LogP contribution in [0.3, 0.4) is 0 Å². The topological polar surface area (TPSA) is 129 Å². The Hall–Kier alpha value is -11.3. The van der Waals surface area contributed by atoms with Crippen molar-refractivity contribution in [2.45, 2.75) is 207 Å². The maximum atomic E-state index is 13.9. The summed E-state index contributed by atoms with van der Waals surface area (Å²) in [6.45, 7) is 37.2. The van der Waals surface area contributed by atoms with E-state index in [-0.39, 0.29) is 28.3 Å². The fraction of sp³-hybridized carbons (Fsp3) is 0.327. The first-order valence-corrected chi connectivity index (χ1v) is 41.5. The highest BCUT2D eigenvalue weighted by Gasteiger charge is 2.23. The first kappa shape index (κ1) is 83.6. The van der Waals surface area contributed by atoms with Gasteiger partial charge in [0, 0.05) is 54.7 Å². The maximum absolute atomic E-state index is 13.9. The normalized spacial score (nSPS) is 13.2. The van der Waals surface area contributed by atoms with Crippen molar-refractivity contribution in [1.29, 1.82) is 0 Å². The summed E-state index contributed by atoms with van der Waals surface area (Å²) in [5.74, 6) is 1.56. The number of aromatic nitrogens is 10. The number of benzene rings is 10. The highest BCUT2D eigenvalue weighted by atomic mass is 19.1. The molecule has 17 rings (SSSR count). The average Bonchev–Trinajstić information content (AvgIpc) is 1.23. The lowest BCUT2D eigenvalue weighted by Gasteiger charge is -2.18. The zero-order chi connectivity index (χ0) is 83.1. The Morgan fingerprint density at radius 1 is 0.291 bits per heavy atom. The summed E-state index contributed by atoms with van der Waals surface area (Å²) in [5, 5.41) is 5.31. The highest BCUT2D eigenvalue weighted by molar-refractivity contribution is 5.97. The van der Waals surface area contributed by atoms with Crippen molar-refractivity contribution < 1.29 is 13.2 Å². The summed E-state index contributed by atoms with van der Waals surface area (Å²) in [6, 6.07) is 57.0. The molecule has 15 aromatic rings. The number of halogens is 3. The molecule has 10 aromatic carbocycles. The lowest BCUT2D eigenvalue weighted by Crippen LogP contribution is -2.09. The monoisotopic (exact) mass is 1560 g/mol. The van der Waals surface area contributed by atoms with Crippen LogP contribution in [0.1, 0.15) is 202 Å². The van der Waals surface area contributed by atoms with E-state index in [0.29, 0.717) is 45.2 Å². The lowest BCUT2D eigenvalue weighted by atomic mass is 9.87. The molecule has 5 aromatic heterocycles. The molecule has 2 saturated carbocycles. The molecule has 0 radical (unpaired) electrons. The van der Waals surface area contributed by atoms with E-state index >= 15 is 0 Å². The van der Waals surface area contributed by atoms with E-state index in [9.17, 15) is 13.2 Å². The van der Waals surface area contributed by atoms with Crippen molar-refractivity contribution in [3.63, 3.8) is 0 Å². The van der Waals surface area contributed by atoms with Crippen molar-refractivity contribution in [1.82, 2.24) is 49.8 Å². The largest absolute Gasteiger partial charge is 0.236 e. The number of rotatable bonds is 11. The molecule has 0 bridgehead atoms. The van der Waals surface area contributed by atoms with Gasteiger partial charge in [0.25, 0.3) is 0 Å². The number of aryl methyl sites for hydroxylation is 10. The van der Waals surface area contributed by atoms with Crippen molar-refractivity contribution in [2.24, 2.45) is 16.7 Å². The van der Waals surface area contributed by atoms with Gasteiger partial charge in [0.2, 0.25) is 0 Å². The fourth-order valence-electron chi connectivity index (χ4n) is 17.1. The van der Waals surface area contributed by atoms with Gasteiger partial charge in [0.15, 0.2) is 0 Å². The molecule has 598 valence electrons. The number of hydrogen-bond donors (Lipinski definition) is 0. The number of hydrogen-bond acceptors (Lipinski definition) is 10. The summed E-state index contributed by atoms with van der Waals surface area (Å²) in [7, 11) is 0. The Labute approximate surface area is 689 Å². The molecule has 5 heterocycles. The van der Waals surface area contributed by atoms with Gasteiger partial charge in [-0.25, -0.2) is 63.0 Å². The smallest absolute Gasteiger partial charge is 0.129 e. The molecular weight excluding hydrogens is 1450 g/mol. The van der Waals surface area contributed by atoms with Crippen LogP contribution in [0.25, 0.3) is 111 Å². The molecular formula is C104H111F3N10. The van der Waals surface area contributed by atoms with Crippen molar-refractivity contribution in [3.05, 3.63) is 296 Å². The van der Waals surface area contributed by atoms with E-state index in [2.05, 4.69) is 260 Å². The molecule has 0 amide bonds. The summed E-state index contributed by atoms with van der Waals surface area (Å²) in [4.78, 5) is 44.9. The lowest BCUT2D eigenvalue weighted by molar-refractivity contribution is 0.411. The van der Waals surface area contributed by atoms with Crippen molar-refractivity contribution in [2.75, 3.05) is 0 Å². The Balaban J connectivity index is 0.000000127. The third kappa shape index (κ3) is 20.6. The standard InChI is InChI=1S/C21H21FN2.C21H23FN2.C21H22N2.C21H24N2.C20H21FN2/c1-13-9-17(10-14(2)20(13)22)21-18-8-7-16(15-5-3-4-6-15)11-19(18)23-12-24-21;1-13-8-16(9-14(2)19(13)22)20-17-7-6-15(11-21(3,4)5)10-18(17)23-12-24-20;1-14-9-15(2)11-18(10-14)21-19-8-7-17(16-5-3-4-6-16)12-20(19)22-13-23-21;1-14-8-15(2)10-17(9-14)20-18-7-6-16(12-21(3,4)5)11-19(18)22-13-23-20;1-12(2)7-15-5-6-17-18(10-15)22-11-23-20(17)16-8-13(3)19(21)14(4)9-16/h7-12,15H,3-6H2,1-2H3;6-10,12H,11H2,1-5H3;7-13,16H,3-6H2,1-2H3;6-11,13H,12H2,1-5H3;5-6,8-12H,7H2,1-4H3. The average molecular weight is 1560 g/mol. The van der Waals surface area contributed by atoms with E-state index in [4.69, 9.17) is 0 Å². The molecule has 0 spiro atoms. The van der Waals surface area contributed by atoms with E-state index < -0.39 is 0 Å². The molecule has 2 aliphatic carbocycles. The Bertz CT molecular complexity index is 6030. The van der Waals surface area contributed by atoms with Crippen LogP contribution < -0.4 is 0 Å². The summed E-state index contributed by atoms with van der Waals surface area (Å²) < 4.78 is 41.7. The minimum Gasteiger partial charge on any atom is -0.236 e. The van der Waals surface area contributed by atoms with Gasteiger partial charge in [-0.05, 0) is 295 Å². The van der Waals surface area contributed by atoms with Gasteiger partial charge >= 0.3 is 0 Å². The second kappa shape index (κ2) is 36.1. The molecule has 0 saturated heterocycles. The second-order valence-corrected chi connectivity index (χ2v) is 35.8. The third-order valence-corrected chi connectivity index (χ3v) is 22.3. The summed E-state index contributed by atoms with van der Waals surface area (Å²) >= 11 is 0. The van der Waals surface area contributed by atoms with Crippen LogP contribution in [0.2, 0.25) is 0 Å². The molecule has 0 unspecified atom stereocenters. The van der Waals surface area contributed by atoms with Gasteiger partial charge in [-0.15, -0.1) is 0 Å². The molecule has 117 heavy (non-hydrogen) atoms. The van der Waals surface area contributed by atoms with Gasteiger partial charge in [-0.3, -0.25) is 0 Å². The number of fused-ring (bicyclic) bond motifs is 5. The van der Waals surface area contributed by atoms with E-state index in [1.54, 1.807) is 73.2 Å². The fourth-order valence-corrected chi connectivity index (χ4v) is 17.1. The van der Waals surface area contributed by atoms with E-state index in [1.807, 2.05) is 36.4 Å². The van der Waals surface area contributed by atoms with Crippen LogP contribution in [0, 0.1) is 103 Å². The molecule has 10 nitrogen and oxygen atoms in total. The predicted octanol–water partition coefficient (Wildman–Crippen LogP) is 27.7. The predicted molar refractivity (Wildman–Crippen MR) is 479 cm³/mol. The molecule has 2 fully saturated rings. The number of nitrogens with zero attached hydrogens (tertiary/aromatic N) is 10. The van der Waals surface area contributed by atoms with Crippen molar-refractivity contribution in [3.8, 4) is 56.3 Å². The van der Waals surface area contributed by atoms with E-state index in [0.717, 1.165) is 125 Å². The summed E-state index contributed by atoms with van der Waals surface area (Å²) in [5.41, 5.74) is 30.9. The highest BCUT2D eigenvalue weighted by Crippen LogP contribution is 2.40. The van der Waals surface area contributed by atoms with Gasteiger partial charge in [-0.2, -0.15) is 0 Å². The second-order valence-electron chi connectivity index (χ2n) is 35.8. The minimum atomic E-state index is -0.149. The maximum Gasteiger partial charge on any atom is 0.129 e. The SMILES string of the molecule is Cc1cc(-c2ncnc3cc(C4CCCC4)ccc23)cc(C)c1F.Cc1cc(-c2ncnc3cc(CC(C)(C)C)ccc23)cc(C)c1F.Cc1cc(-c2ncnc3cc(CC(C)C)ccc23)cc(C)c1F.Cc1cc(C)cc(-c2ncnc3cc(C4CCCC4)ccc23)c1.Cc1cc(C)cc(-c2ncnc3cc(CC(C)(C)C)ccc23)c1. The Kier molecular flexibility index (Phi) is 25.8. The first-order chi connectivity index (χ1) is 55.8. The van der Waals surface area contributed by atoms with Gasteiger partial charge in [0.05, 0.1) is 56.1 Å². The summed E-state index contributed by atoms with van der Waals surface area (Å²) in [6.07, 6.45) is 21.8. The molecule has 0 N–H and O–H groups in total. The van der Waals surface area contributed by atoms with Gasteiger partial charge in [-0.1, -0.05) is 176 Å². The third-order valence-electron chi connectivity index (χ3n) is 22.3. The molecule has 13 heteroatoms. The quantitative estimate of drug-likeness (QED) is 0.123. The van der Waals surface area contributed by atoms with Crippen LogP contribution in [-0.2, 0) is 19.3 Å². The zero-order valence-electron chi connectivity index (χ0n) is 71.6.